The van der Waals surface area contributed by atoms with Gasteiger partial charge >= 0.3 is 12.2 Å². The van der Waals surface area contributed by atoms with E-state index in [1.807, 2.05) is 76.2 Å². The Morgan fingerprint density at radius 1 is 0.955 bits per heavy atom. The molecule has 6 atom stereocenters. The summed E-state index contributed by atoms with van der Waals surface area (Å²) < 4.78 is 36.4. The van der Waals surface area contributed by atoms with Crippen molar-refractivity contribution in [2.45, 2.75) is 117 Å². The number of likely N-dealkylation sites (tertiary alicyclic amines) is 2. The van der Waals surface area contributed by atoms with Gasteiger partial charge in [0.05, 0.1) is 69.6 Å². The van der Waals surface area contributed by atoms with E-state index in [0.29, 0.717) is 58.9 Å². The van der Waals surface area contributed by atoms with Crippen LogP contribution in [-0.4, -0.2) is 88.7 Å². The smallest absolute Gasteiger partial charge is 0.411 e. The van der Waals surface area contributed by atoms with E-state index in [0.717, 1.165) is 63.6 Å². The molecule has 17 heteroatoms. The third-order valence-corrected chi connectivity index (χ3v) is 14.2. The molecule has 346 valence electrons. The molecule has 3 amide bonds. The third-order valence-electron chi connectivity index (χ3n) is 13.1. The number of imidazole rings is 2. The number of thiazole rings is 1. The summed E-state index contributed by atoms with van der Waals surface area (Å²) in [5.74, 6) is 1.72. The van der Waals surface area contributed by atoms with Gasteiger partial charge in [0.15, 0.2) is 0 Å². The second-order valence-corrected chi connectivity index (χ2v) is 21.0. The molecule has 1 aliphatic carbocycles. The number of H-pyrrole nitrogens is 2. The number of piperidine rings is 1. The molecule has 15 nitrogen and oxygen atoms in total. The number of ether oxygens (including phenoxy) is 3. The van der Waals surface area contributed by atoms with E-state index in [1.54, 1.807) is 22.4 Å². The van der Waals surface area contributed by atoms with Gasteiger partial charge in [-0.25, -0.2) is 28.9 Å². The number of methoxy groups -OCH3 is 1. The number of rotatable bonds is 10. The Bertz CT molecular complexity index is 2860. The molecule has 1 saturated carbocycles. The van der Waals surface area contributed by atoms with Crippen LogP contribution in [0.2, 0.25) is 0 Å². The first-order valence-corrected chi connectivity index (χ1v) is 23.7. The second-order valence-electron chi connectivity index (χ2n) is 19.8. The summed E-state index contributed by atoms with van der Waals surface area (Å²) in [7, 11) is 1.27. The fourth-order valence-corrected chi connectivity index (χ4v) is 11.1. The first-order valence-electron chi connectivity index (χ1n) is 22.9. The van der Waals surface area contributed by atoms with Crippen LogP contribution in [0.15, 0.2) is 55.0 Å². The van der Waals surface area contributed by atoms with E-state index in [2.05, 4.69) is 39.8 Å². The van der Waals surface area contributed by atoms with Crippen LogP contribution < -0.4 is 10.1 Å². The predicted octanol–water partition coefficient (Wildman–Crippen LogP) is 9.94. The summed E-state index contributed by atoms with van der Waals surface area (Å²) in [6.45, 7) is 14.2. The fraction of sp³-hybridized carbons (Fsp3) is 0.469. The Hall–Kier alpha value is -6.23. The van der Waals surface area contributed by atoms with Crippen LogP contribution in [0.25, 0.3) is 44.7 Å². The molecular weight excluding hydrogens is 862 g/mol. The van der Waals surface area contributed by atoms with Gasteiger partial charge in [-0.05, 0) is 94.5 Å². The standard InChI is InChI=1S/C49H56FN9O6S/c1-24(2)14-40-51-23-39(66-40)46-58-33-12-11-26(31-21-53-44(54-31)37-19-29-17-35(29)59(37)48(62)65-49(5,6)7)15-28(33)18-36(58)41-30(50)16-27(20-38(41)64-46)32-22-52-43(55-32)34-10-9-13-57(34)45(60)42(25(3)4)56-47(61)63-8/h11-12,15-16,18,20-25,29,34-35,37,42,46H,9-10,13-14,17,19H2,1-8H3,(H,52,55)(H,53,54)(H,56,61). The highest BCUT2D eigenvalue weighted by atomic mass is 32.1. The van der Waals surface area contributed by atoms with Crippen molar-refractivity contribution in [3.8, 4) is 39.5 Å². The molecule has 0 bridgehead atoms. The average molecular weight is 918 g/mol. The van der Waals surface area contributed by atoms with Gasteiger partial charge < -0.3 is 34.4 Å². The zero-order valence-corrected chi connectivity index (χ0v) is 39.3. The maximum Gasteiger partial charge on any atom is 0.411 e. The van der Waals surface area contributed by atoms with Crippen molar-refractivity contribution in [1.82, 2.24) is 44.6 Å². The zero-order chi connectivity index (χ0) is 46.3. The summed E-state index contributed by atoms with van der Waals surface area (Å²) in [6.07, 6.45) is 7.84. The van der Waals surface area contributed by atoms with Crippen molar-refractivity contribution in [3.63, 3.8) is 0 Å². The van der Waals surface area contributed by atoms with E-state index < -0.39 is 29.8 Å². The first-order chi connectivity index (χ1) is 31.5. The third kappa shape index (κ3) is 7.98. The van der Waals surface area contributed by atoms with E-state index in [-0.39, 0.29) is 36.0 Å². The SMILES string of the molecule is COC(=O)NC(C(=O)N1CCCC1c1ncc(-c2cc(F)c3c(c2)OC(c2cnc(CC(C)C)s2)n2c-3cc3cc(-c4cnc(C5CC6CC6N5C(=O)OC(C)(C)C)[nH]4)ccc32)[nH]1)C(C)C. The number of hydrogen-bond acceptors (Lipinski definition) is 10. The predicted molar refractivity (Wildman–Crippen MR) is 247 cm³/mol. The maximum atomic E-state index is 16.9. The van der Waals surface area contributed by atoms with Crippen LogP contribution in [0.5, 0.6) is 5.75 Å². The molecule has 4 aromatic heterocycles. The number of benzene rings is 2. The van der Waals surface area contributed by atoms with Crippen LogP contribution in [0.1, 0.15) is 114 Å². The van der Waals surface area contributed by atoms with E-state index in [1.165, 1.54) is 13.2 Å². The van der Waals surface area contributed by atoms with Gasteiger partial charge in [-0.3, -0.25) is 14.3 Å². The number of carbonyl (C=O) groups is 3. The molecule has 0 spiro atoms. The monoisotopic (exact) mass is 917 g/mol. The number of aromatic amines is 2. The van der Waals surface area contributed by atoms with Crippen LogP contribution >= 0.6 is 11.3 Å². The summed E-state index contributed by atoms with van der Waals surface area (Å²) in [5.41, 5.74) is 4.12. The maximum absolute atomic E-state index is 16.9. The minimum Gasteiger partial charge on any atom is -0.464 e. The highest BCUT2D eigenvalue weighted by Gasteiger charge is 2.56. The van der Waals surface area contributed by atoms with Gasteiger partial charge in [-0.2, -0.15) is 0 Å². The van der Waals surface area contributed by atoms with Crippen molar-refractivity contribution in [1.29, 1.82) is 0 Å². The fourth-order valence-electron chi connectivity index (χ4n) is 9.94. The molecule has 6 aromatic rings. The number of amides is 3. The zero-order valence-electron chi connectivity index (χ0n) is 38.5. The largest absolute Gasteiger partial charge is 0.464 e. The van der Waals surface area contributed by atoms with Crippen molar-refractivity contribution < 1.29 is 33.0 Å². The summed E-state index contributed by atoms with van der Waals surface area (Å²) in [6, 6.07) is 10.4. The molecule has 7 heterocycles. The molecule has 10 rings (SSSR count). The van der Waals surface area contributed by atoms with Crippen molar-refractivity contribution in [2.24, 2.45) is 17.8 Å². The van der Waals surface area contributed by atoms with Crippen LogP contribution in [-0.2, 0) is 20.7 Å². The topological polar surface area (TPSA) is 173 Å². The van der Waals surface area contributed by atoms with Gasteiger partial charge in [0.1, 0.15) is 34.9 Å². The Kier molecular flexibility index (Phi) is 11.0. The Labute approximate surface area is 386 Å². The molecule has 6 unspecified atom stereocenters. The summed E-state index contributed by atoms with van der Waals surface area (Å²) >= 11 is 1.59. The molecule has 4 aliphatic rings. The van der Waals surface area contributed by atoms with Gasteiger partial charge in [0.2, 0.25) is 12.1 Å². The number of fused-ring (bicyclic) bond motifs is 6. The normalized spacial score (nSPS) is 21.5. The van der Waals surface area contributed by atoms with E-state index in [9.17, 15) is 14.4 Å². The van der Waals surface area contributed by atoms with Gasteiger partial charge in [-0.1, -0.05) is 33.8 Å². The Balaban J connectivity index is 0.979. The van der Waals surface area contributed by atoms with Crippen LogP contribution in [0.3, 0.4) is 0 Å². The molecule has 0 radical (unpaired) electrons. The Morgan fingerprint density at radius 3 is 2.41 bits per heavy atom. The summed E-state index contributed by atoms with van der Waals surface area (Å²) in [5, 5.41) is 4.58. The summed E-state index contributed by atoms with van der Waals surface area (Å²) in [4.78, 5) is 64.9. The minimum absolute atomic E-state index is 0.170. The van der Waals surface area contributed by atoms with E-state index >= 15 is 4.39 Å². The van der Waals surface area contributed by atoms with E-state index in [4.69, 9.17) is 29.2 Å². The molecule has 66 heavy (non-hydrogen) atoms. The number of nitrogens with one attached hydrogen (secondary N) is 3. The second kappa shape index (κ2) is 16.6. The quantitative estimate of drug-likeness (QED) is 0.121. The lowest BCUT2D eigenvalue weighted by Gasteiger charge is -2.30. The van der Waals surface area contributed by atoms with Crippen molar-refractivity contribution >= 4 is 40.3 Å². The van der Waals surface area contributed by atoms with Gasteiger partial charge in [0, 0.05) is 41.7 Å². The highest BCUT2D eigenvalue weighted by Crippen LogP contribution is 2.54. The van der Waals surface area contributed by atoms with Crippen LogP contribution in [0.4, 0.5) is 14.0 Å². The number of hydrogen-bond donors (Lipinski definition) is 3. The molecule has 2 aromatic carbocycles. The average Bonchev–Trinajstić information content (AvgIpc) is 4.01. The minimum atomic E-state index is -0.765. The highest BCUT2D eigenvalue weighted by molar-refractivity contribution is 7.11. The number of nitrogens with zero attached hydrogens (tertiary/aromatic N) is 6. The molecule has 2 saturated heterocycles. The molecule has 3 N–H and O–H groups in total. The lowest BCUT2D eigenvalue weighted by atomic mass is 10.0. The molecule has 3 aliphatic heterocycles. The van der Waals surface area contributed by atoms with Crippen molar-refractivity contribution in [2.75, 3.05) is 13.7 Å². The number of aromatic nitrogens is 6. The lowest BCUT2D eigenvalue weighted by Crippen LogP contribution is -2.51. The van der Waals surface area contributed by atoms with Crippen molar-refractivity contribution in [3.05, 3.63) is 82.3 Å². The Morgan fingerprint density at radius 2 is 1.70 bits per heavy atom. The molecular formula is C49H56FN9O6S. The lowest BCUT2D eigenvalue weighted by molar-refractivity contribution is -0.135. The number of alkyl carbamates (subject to hydrolysis) is 1. The first kappa shape index (κ1) is 43.7. The number of halogens is 1. The van der Waals surface area contributed by atoms with Gasteiger partial charge in [0.25, 0.3) is 0 Å². The number of carbonyl (C=O) groups excluding carboxylic acids is 3. The van der Waals surface area contributed by atoms with Crippen LogP contribution in [0, 0.1) is 23.6 Å². The van der Waals surface area contributed by atoms with Gasteiger partial charge in [-0.15, -0.1) is 11.3 Å². The molecule has 3 fully saturated rings.